The van der Waals surface area contributed by atoms with Gasteiger partial charge in [0.25, 0.3) is 0 Å². The van der Waals surface area contributed by atoms with Crippen molar-refractivity contribution >= 4 is 11.7 Å². The average molecular weight is 337 g/mol. The van der Waals surface area contributed by atoms with Gasteiger partial charge in [0.15, 0.2) is 0 Å². The second-order valence-corrected chi connectivity index (χ2v) is 5.71. The number of nitrogens with one attached hydrogen (secondary N) is 1. The number of anilines is 1. The third-order valence-electron chi connectivity index (χ3n) is 3.93. The van der Waals surface area contributed by atoms with E-state index in [4.69, 9.17) is 0 Å². The van der Waals surface area contributed by atoms with Gasteiger partial charge in [0, 0.05) is 36.9 Å². The Hall–Kier alpha value is -3.08. The summed E-state index contributed by atoms with van der Waals surface area (Å²) >= 11 is 0. The van der Waals surface area contributed by atoms with Gasteiger partial charge in [-0.3, -0.25) is 0 Å². The summed E-state index contributed by atoms with van der Waals surface area (Å²) in [5.74, 6) is -0.298. The summed E-state index contributed by atoms with van der Waals surface area (Å²) in [6, 6.07) is 17.6. The molecule has 0 saturated carbocycles. The molecular formula is C20H20FN3O. The Morgan fingerprint density at radius 3 is 2.56 bits per heavy atom. The predicted molar refractivity (Wildman–Crippen MR) is 97.3 cm³/mol. The third-order valence-corrected chi connectivity index (χ3v) is 3.93. The molecule has 1 heterocycles. The van der Waals surface area contributed by atoms with Crippen LogP contribution in [0.1, 0.15) is 12.5 Å². The minimum absolute atomic E-state index is 0.212. The molecule has 0 unspecified atom stereocenters. The number of halogens is 1. The number of aromatic nitrogens is 1. The first-order valence-electron chi connectivity index (χ1n) is 8.19. The number of carbonyl (C=O) groups is 1. The summed E-state index contributed by atoms with van der Waals surface area (Å²) in [6.45, 7) is 2.78. The van der Waals surface area contributed by atoms with E-state index in [-0.39, 0.29) is 11.8 Å². The molecule has 2 aromatic carbocycles. The highest BCUT2D eigenvalue weighted by Crippen LogP contribution is 2.16. The van der Waals surface area contributed by atoms with Crippen LogP contribution in [0.15, 0.2) is 73.1 Å². The summed E-state index contributed by atoms with van der Waals surface area (Å²) in [6.07, 6.45) is 3.90. The topological polar surface area (TPSA) is 37.3 Å². The summed E-state index contributed by atoms with van der Waals surface area (Å²) < 4.78 is 15.3. The highest BCUT2D eigenvalue weighted by atomic mass is 19.1. The van der Waals surface area contributed by atoms with Crippen LogP contribution in [0.3, 0.4) is 0 Å². The van der Waals surface area contributed by atoms with Gasteiger partial charge in [-0.15, -0.1) is 0 Å². The van der Waals surface area contributed by atoms with E-state index in [1.165, 1.54) is 12.1 Å². The Morgan fingerprint density at radius 1 is 1.08 bits per heavy atom. The zero-order valence-corrected chi connectivity index (χ0v) is 14.0. The number of carbonyl (C=O) groups excluding carboxylic acids is 1. The Labute approximate surface area is 146 Å². The Balaban J connectivity index is 1.71. The zero-order chi connectivity index (χ0) is 17.6. The lowest BCUT2D eigenvalue weighted by molar-refractivity contribution is 0.212. The first-order chi connectivity index (χ1) is 12.2. The molecule has 0 fully saturated rings. The van der Waals surface area contributed by atoms with Crippen molar-refractivity contribution in [3.63, 3.8) is 0 Å². The van der Waals surface area contributed by atoms with E-state index < -0.39 is 0 Å². The van der Waals surface area contributed by atoms with Crippen molar-refractivity contribution in [1.29, 1.82) is 0 Å². The van der Waals surface area contributed by atoms with Crippen molar-refractivity contribution in [2.24, 2.45) is 0 Å². The molecule has 2 amide bonds. The van der Waals surface area contributed by atoms with Crippen LogP contribution in [0.2, 0.25) is 0 Å². The molecular weight excluding hydrogens is 317 g/mol. The summed E-state index contributed by atoms with van der Waals surface area (Å²) in [5, 5.41) is 2.91. The maximum Gasteiger partial charge on any atom is 0.322 e. The number of urea groups is 1. The van der Waals surface area contributed by atoms with Crippen LogP contribution in [0.4, 0.5) is 14.9 Å². The fraction of sp³-hybridized carbons (Fsp3) is 0.150. The van der Waals surface area contributed by atoms with Crippen LogP contribution >= 0.6 is 0 Å². The van der Waals surface area contributed by atoms with E-state index in [0.717, 1.165) is 11.3 Å². The summed E-state index contributed by atoms with van der Waals surface area (Å²) in [4.78, 5) is 14.2. The molecule has 3 aromatic rings. The number of rotatable bonds is 5. The smallest absolute Gasteiger partial charge is 0.322 e. The van der Waals surface area contributed by atoms with E-state index in [1.807, 2.05) is 66.3 Å². The largest absolute Gasteiger partial charge is 0.324 e. The molecule has 0 saturated heterocycles. The van der Waals surface area contributed by atoms with Gasteiger partial charge in [0.1, 0.15) is 5.82 Å². The molecule has 128 valence electrons. The van der Waals surface area contributed by atoms with Crippen LogP contribution in [0, 0.1) is 5.82 Å². The number of nitrogens with zero attached hydrogens (tertiary/aromatic N) is 2. The summed E-state index contributed by atoms with van der Waals surface area (Å²) in [5.41, 5.74) is 2.45. The van der Waals surface area contributed by atoms with Crippen molar-refractivity contribution in [3.8, 4) is 5.69 Å². The normalized spacial score (nSPS) is 10.5. The molecule has 0 aliphatic heterocycles. The molecule has 0 bridgehead atoms. The lowest BCUT2D eigenvalue weighted by Crippen LogP contribution is -2.34. The van der Waals surface area contributed by atoms with Gasteiger partial charge in [0.05, 0.1) is 0 Å². The standard InChI is InChI=1S/C20H20FN3O/c1-2-23(15-16-7-5-8-17(21)13-16)20(25)22-18-9-6-10-19(14-18)24-11-3-4-12-24/h3-14H,2,15H2,1H3,(H,22,25). The van der Waals surface area contributed by atoms with Crippen LogP contribution in [0.25, 0.3) is 5.69 Å². The molecule has 25 heavy (non-hydrogen) atoms. The molecule has 0 atom stereocenters. The molecule has 0 radical (unpaired) electrons. The maximum atomic E-state index is 13.3. The van der Waals surface area contributed by atoms with E-state index in [2.05, 4.69) is 5.32 Å². The molecule has 0 spiro atoms. The van der Waals surface area contributed by atoms with E-state index in [0.29, 0.717) is 18.8 Å². The van der Waals surface area contributed by atoms with Crippen molar-refractivity contribution in [1.82, 2.24) is 9.47 Å². The second-order valence-electron chi connectivity index (χ2n) is 5.71. The monoisotopic (exact) mass is 337 g/mol. The zero-order valence-electron chi connectivity index (χ0n) is 14.0. The van der Waals surface area contributed by atoms with Crippen molar-refractivity contribution < 1.29 is 9.18 Å². The molecule has 3 rings (SSSR count). The van der Waals surface area contributed by atoms with Gasteiger partial charge < -0.3 is 14.8 Å². The molecule has 1 N–H and O–H groups in total. The Morgan fingerprint density at radius 2 is 1.84 bits per heavy atom. The number of amides is 2. The Bertz CT molecular complexity index is 846. The number of hydrogen-bond acceptors (Lipinski definition) is 1. The van der Waals surface area contributed by atoms with Gasteiger partial charge in [0.2, 0.25) is 0 Å². The fourth-order valence-corrected chi connectivity index (χ4v) is 2.64. The Kier molecular flexibility index (Phi) is 5.14. The number of hydrogen-bond donors (Lipinski definition) is 1. The SMILES string of the molecule is CCN(Cc1cccc(F)c1)C(=O)Nc1cccc(-n2cccc2)c1. The lowest BCUT2D eigenvalue weighted by Gasteiger charge is -2.22. The molecule has 4 nitrogen and oxygen atoms in total. The molecule has 0 aliphatic rings. The average Bonchev–Trinajstić information content (AvgIpc) is 3.14. The van der Waals surface area contributed by atoms with Gasteiger partial charge in [-0.05, 0) is 55.0 Å². The third kappa shape index (κ3) is 4.26. The van der Waals surface area contributed by atoms with Crippen molar-refractivity contribution in [3.05, 3.63) is 84.4 Å². The molecule has 0 aliphatic carbocycles. The first kappa shape index (κ1) is 16.8. The quantitative estimate of drug-likeness (QED) is 0.722. The van der Waals surface area contributed by atoms with E-state index in [1.54, 1.807) is 11.0 Å². The van der Waals surface area contributed by atoms with E-state index >= 15 is 0 Å². The first-order valence-corrected chi connectivity index (χ1v) is 8.19. The van der Waals surface area contributed by atoms with Crippen LogP contribution in [-0.4, -0.2) is 22.0 Å². The molecule has 5 heteroatoms. The fourth-order valence-electron chi connectivity index (χ4n) is 2.64. The van der Waals surface area contributed by atoms with Gasteiger partial charge in [-0.25, -0.2) is 9.18 Å². The minimum Gasteiger partial charge on any atom is -0.324 e. The summed E-state index contributed by atoms with van der Waals surface area (Å²) in [7, 11) is 0. The van der Waals surface area contributed by atoms with Gasteiger partial charge in [-0.2, -0.15) is 0 Å². The van der Waals surface area contributed by atoms with E-state index in [9.17, 15) is 9.18 Å². The second kappa shape index (κ2) is 7.66. The highest BCUT2D eigenvalue weighted by molar-refractivity contribution is 5.89. The van der Waals surface area contributed by atoms with Gasteiger partial charge >= 0.3 is 6.03 Å². The van der Waals surface area contributed by atoms with Crippen molar-refractivity contribution in [2.75, 3.05) is 11.9 Å². The minimum atomic E-state index is -0.298. The van der Waals surface area contributed by atoms with Crippen molar-refractivity contribution in [2.45, 2.75) is 13.5 Å². The van der Waals surface area contributed by atoms with Crippen LogP contribution in [0.5, 0.6) is 0 Å². The predicted octanol–water partition coefficient (Wildman–Crippen LogP) is 4.67. The van der Waals surface area contributed by atoms with Crippen LogP contribution < -0.4 is 5.32 Å². The number of benzene rings is 2. The maximum absolute atomic E-state index is 13.3. The van der Waals surface area contributed by atoms with Gasteiger partial charge in [-0.1, -0.05) is 18.2 Å². The van der Waals surface area contributed by atoms with Crippen LogP contribution in [-0.2, 0) is 6.54 Å². The molecule has 1 aromatic heterocycles. The highest BCUT2D eigenvalue weighted by Gasteiger charge is 2.13. The lowest BCUT2D eigenvalue weighted by atomic mass is 10.2.